The van der Waals surface area contributed by atoms with Gasteiger partial charge in [0, 0.05) is 36.4 Å². The summed E-state index contributed by atoms with van der Waals surface area (Å²) in [6.07, 6.45) is 8.88. The van der Waals surface area contributed by atoms with Gasteiger partial charge in [-0.25, -0.2) is 24.8 Å². The number of fused-ring (bicyclic) bond motifs is 5. The molecule has 7 rings (SSSR count). The Morgan fingerprint density at radius 2 is 2.00 bits per heavy atom. The van der Waals surface area contributed by atoms with E-state index in [-0.39, 0.29) is 23.8 Å². The van der Waals surface area contributed by atoms with Crippen LogP contribution < -0.4 is 10.8 Å². The number of carbonyl (C=O) groups excluding carboxylic acids is 1. The van der Waals surface area contributed by atoms with Gasteiger partial charge >= 0.3 is 0 Å². The van der Waals surface area contributed by atoms with Gasteiger partial charge in [0.15, 0.2) is 5.82 Å². The highest BCUT2D eigenvalue weighted by atomic mass is 19.1. The molecule has 10 heteroatoms. The molecule has 0 radical (unpaired) electrons. The third kappa shape index (κ3) is 3.16. The van der Waals surface area contributed by atoms with Crippen LogP contribution in [0.25, 0.3) is 33.5 Å². The molecule has 170 valence electrons. The maximum absolute atomic E-state index is 13.9. The summed E-state index contributed by atoms with van der Waals surface area (Å²) < 4.78 is 15.8. The Balaban J connectivity index is 1.47. The highest BCUT2D eigenvalue weighted by Gasteiger charge is 2.47. The van der Waals surface area contributed by atoms with Crippen molar-refractivity contribution < 1.29 is 14.4 Å². The monoisotopic (exact) mass is 449 g/mol. The Bertz CT molecular complexity index is 1370. The third-order valence-electron chi connectivity index (χ3n) is 7.40. The lowest BCUT2D eigenvalue weighted by molar-refractivity contribution is -0.139. The van der Waals surface area contributed by atoms with Gasteiger partial charge in [0.25, 0.3) is 0 Å². The number of nitrogens with one attached hydrogen (secondary N) is 3. The van der Waals surface area contributed by atoms with Crippen molar-refractivity contribution in [2.45, 2.75) is 31.7 Å². The molecule has 0 aromatic carbocycles. The van der Waals surface area contributed by atoms with Crippen LogP contribution in [-0.2, 0) is 11.8 Å². The molecule has 0 aliphatic heterocycles. The van der Waals surface area contributed by atoms with Gasteiger partial charge in [0.05, 0.1) is 17.5 Å². The van der Waals surface area contributed by atoms with E-state index in [1.807, 2.05) is 29.4 Å². The molecule has 2 bridgehead atoms. The molecule has 3 aliphatic rings. The SMILES string of the molecule is Cn1ccc2c(N[C@H]3C4CCC(CC4)[C@@H]3C(=O)NO)nc(-c3c[nH]c4ncc(F)cc34)nc21. The molecule has 0 unspecified atom stereocenters. The van der Waals surface area contributed by atoms with Gasteiger partial charge in [0.1, 0.15) is 22.9 Å². The molecule has 4 heterocycles. The summed E-state index contributed by atoms with van der Waals surface area (Å²) in [6, 6.07) is 3.22. The topological polar surface area (TPSA) is 121 Å². The minimum atomic E-state index is -0.433. The Morgan fingerprint density at radius 3 is 2.79 bits per heavy atom. The largest absolute Gasteiger partial charge is 0.366 e. The molecule has 4 aromatic rings. The van der Waals surface area contributed by atoms with E-state index in [9.17, 15) is 14.4 Å². The van der Waals surface area contributed by atoms with Gasteiger partial charge in [-0.2, -0.15) is 0 Å². The van der Waals surface area contributed by atoms with E-state index in [1.54, 1.807) is 6.20 Å². The molecule has 2 atom stereocenters. The molecule has 1 amide bonds. The van der Waals surface area contributed by atoms with E-state index in [4.69, 9.17) is 9.97 Å². The summed E-state index contributed by atoms with van der Waals surface area (Å²) in [7, 11) is 1.91. The van der Waals surface area contributed by atoms with E-state index >= 15 is 0 Å². The molecule has 0 spiro atoms. The number of halogens is 1. The number of carbonyl (C=O) groups is 1. The van der Waals surface area contributed by atoms with Crippen LogP contribution in [-0.4, -0.2) is 41.7 Å². The fraction of sp³-hybridized carbons (Fsp3) is 0.391. The first-order valence-corrected chi connectivity index (χ1v) is 11.2. The Kier molecular flexibility index (Phi) is 4.58. The van der Waals surface area contributed by atoms with Crippen molar-refractivity contribution in [3.05, 3.63) is 36.5 Å². The van der Waals surface area contributed by atoms with Crippen LogP contribution in [0.1, 0.15) is 25.7 Å². The number of hydroxylamine groups is 1. The van der Waals surface area contributed by atoms with Crippen LogP contribution in [0.2, 0.25) is 0 Å². The highest BCUT2D eigenvalue weighted by Crippen LogP contribution is 2.46. The van der Waals surface area contributed by atoms with Crippen LogP contribution in [0.3, 0.4) is 0 Å². The van der Waals surface area contributed by atoms with E-state index < -0.39 is 5.82 Å². The number of nitrogens with zero attached hydrogens (tertiary/aromatic N) is 4. The summed E-state index contributed by atoms with van der Waals surface area (Å²) in [5, 5.41) is 14.4. The Morgan fingerprint density at radius 1 is 1.21 bits per heavy atom. The van der Waals surface area contributed by atoms with Gasteiger partial charge in [-0.15, -0.1) is 0 Å². The number of hydrogen-bond donors (Lipinski definition) is 4. The van der Waals surface area contributed by atoms with Crippen LogP contribution >= 0.6 is 0 Å². The number of H-pyrrole nitrogens is 1. The lowest BCUT2D eigenvalue weighted by Gasteiger charge is -2.47. The van der Waals surface area contributed by atoms with Crippen molar-refractivity contribution >= 4 is 33.8 Å². The maximum atomic E-state index is 13.9. The zero-order valence-electron chi connectivity index (χ0n) is 18.0. The number of aryl methyl sites for hydroxylation is 1. The summed E-state index contributed by atoms with van der Waals surface area (Å²) in [5.74, 6) is 0.510. The second-order valence-electron chi connectivity index (χ2n) is 9.16. The van der Waals surface area contributed by atoms with Gasteiger partial charge < -0.3 is 14.9 Å². The van der Waals surface area contributed by atoms with Crippen molar-refractivity contribution in [2.24, 2.45) is 24.8 Å². The van der Waals surface area contributed by atoms with E-state index in [0.717, 1.165) is 36.7 Å². The summed E-state index contributed by atoms with van der Waals surface area (Å²) in [5.41, 5.74) is 3.81. The summed E-state index contributed by atoms with van der Waals surface area (Å²) in [6.45, 7) is 0. The number of aromatic nitrogens is 5. The summed E-state index contributed by atoms with van der Waals surface area (Å²) >= 11 is 0. The number of rotatable bonds is 4. The van der Waals surface area contributed by atoms with Gasteiger partial charge in [-0.1, -0.05) is 0 Å². The minimum Gasteiger partial charge on any atom is -0.366 e. The molecular formula is C23H24FN7O2. The van der Waals surface area contributed by atoms with Crippen molar-refractivity contribution in [1.82, 2.24) is 30.0 Å². The molecule has 3 aliphatic carbocycles. The van der Waals surface area contributed by atoms with Crippen LogP contribution in [0.4, 0.5) is 10.2 Å². The van der Waals surface area contributed by atoms with E-state index in [1.165, 1.54) is 12.3 Å². The lowest BCUT2D eigenvalue weighted by atomic mass is 9.61. The fourth-order valence-electron chi connectivity index (χ4n) is 5.80. The van der Waals surface area contributed by atoms with E-state index in [2.05, 4.69) is 15.3 Å². The zero-order chi connectivity index (χ0) is 22.7. The van der Waals surface area contributed by atoms with Crippen molar-refractivity contribution in [1.29, 1.82) is 0 Å². The quantitative estimate of drug-likeness (QED) is 0.280. The highest BCUT2D eigenvalue weighted by molar-refractivity contribution is 5.95. The number of amides is 1. The number of anilines is 1. The van der Waals surface area contributed by atoms with Crippen molar-refractivity contribution in [3.63, 3.8) is 0 Å². The number of hydrogen-bond acceptors (Lipinski definition) is 6. The first kappa shape index (κ1) is 20.1. The first-order valence-electron chi connectivity index (χ1n) is 11.2. The number of pyridine rings is 1. The Labute approximate surface area is 188 Å². The smallest absolute Gasteiger partial charge is 0.248 e. The lowest BCUT2D eigenvalue weighted by Crippen LogP contribution is -2.54. The van der Waals surface area contributed by atoms with Gasteiger partial charge in [-0.05, 0) is 49.7 Å². The van der Waals surface area contributed by atoms with Crippen LogP contribution in [0.15, 0.2) is 30.7 Å². The molecular weight excluding hydrogens is 425 g/mol. The average molecular weight is 449 g/mol. The standard InChI is InChI=1S/C23H24FN7O2/c1-31-7-6-14-20(27-18-12-4-2-11(3-5-12)17(18)23(32)30-33)28-21(29-22(14)31)16-10-26-19-15(16)8-13(24)9-25-19/h6-12,17-18,33H,2-5H2,1H3,(H,25,26)(H,30,32)(H,27,28,29)/t11?,12?,17-,18-/m0/s1. The molecule has 4 N–H and O–H groups in total. The van der Waals surface area contributed by atoms with Crippen molar-refractivity contribution in [3.8, 4) is 11.4 Å². The maximum Gasteiger partial charge on any atom is 0.248 e. The second kappa shape index (κ2) is 7.51. The molecule has 3 fully saturated rings. The predicted molar refractivity (Wildman–Crippen MR) is 120 cm³/mol. The average Bonchev–Trinajstić information content (AvgIpc) is 3.42. The predicted octanol–water partition coefficient (Wildman–Crippen LogP) is 3.37. The normalized spacial score (nSPS) is 24.5. The van der Waals surface area contributed by atoms with Gasteiger partial charge in [-0.3, -0.25) is 10.0 Å². The van der Waals surface area contributed by atoms with Crippen LogP contribution in [0, 0.1) is 23.6 Å². The second-order valence-corrected chi connectivity index (χ2v) is 9.16. The van der Waals surface area contributed by atoms with E-state index in [0.29, 0.717) is 34.2 Å². The molecule has 33 heavy (non-hydrogen) atoms. The van der Waals surface area contributed by atoms with Gasteiger partial charge in [0.2, 0.25) is 5.91 Å². The third-order valence-corrected chi connectivity index (χ3v) is 7.40. The Hall–Kier alpha value is -3.53. The fourth-order valence-corrected chi connectivity index (χ4v) is 5.80. The minimum absolute atomic E-state index is 0.141. The van der Waals surface area contributed by atoms with Crippen LogP contribution in [0.5, 0.6) is 0 Å². The molecule has 4 aromatic heterocycles. The molecule has 0 saturated heterocycles. The molecule has 3 saturated carbocycles. The number of aromatic amines is 1. The first-order chi connectivity index (χ1) is 16.0. The summed E-state index contributed by atoms with van der Waals surface area (Å²) in [4.78, 5) is 29.3. The van der Waals surface area contributed by atoms with Crippen molar-refractivity contribution in [2.75, 3.05) is 5.32 Å². The zero-order valence-corrected chi connectivity index (χ0v) is 18.0. The molecule has 9 nitrogen and oxygen atoms in total.